The Morgan fingerprint density at radius 1 is 1.33 bits per heavy atom. The van der Waals surface area contributed by atoms with E-state index in [4.69, 9.17) is 15.5 Å². The van der Waals surface area contributed by atoms with Gasteiger partial charge in [0.1, 0.15) is 11.4 Å². The third-order valence-corrected chi connectivity index (χ3v) is 5.12. The van der Waals surface area contributed by atoms with Crippen molar-refractivity contribution in [1.82, 2.24) is 9.97 Å². The van der Waals surface area contributed by atoms with Gasteiger partial charge in [-0.1, -0.05) is 34.1 Å². The molecule has 2 rings (SSSR count). The lowest BCUT2D eigenvalue weighted by Crippen LogP contribution is -2.37. The first kappa shape index (κ1) is 16.7. The molecule has 118 valence electrons. The molecular weight excluding hydrogens is 330 g/mol. The zero-order valence-electron chi connectivity index (χ0n) is 13.7. The number of aromatic nitrogens is 2. The summed E-state index contributed by atoms with van der Waals surface area (Å²) in [6, 6.07) is 0. The fourth-order valence-electron chi connectivity index (χ4n) is 3.15. The Morgan fingerprint density at radius 3 is 2.52 bits per heavy atom. The van der Waals surface area contributed by atoms with E-state index in [-0.39, 0.29) is 5.41 Å². The highest BCUT2D eigenvalue weighted by Crippen LogP contribution is 2.43. The van der Waals surface area contributed by atoms with Gasteiger partial charge in [-0.05, 0) is 41.1 Å². The van der Waals surface area contributed by atoms with E-state index in [2.05, 4.69) is 48.6 Å². The Labute approximate surface area is 136 Å². The van der Waals surface area contributed by atoms with E-state index < -0.39 is 5.60 Å². The third kappa shape index (κ3) is 3.24. The van der Waals surface area contributed by atoms with Gasteiger partial charge in [0.25, 0.3) is 0 Å². The van der Waals surface area contributed by atoms with Crippen LogP contribution in [0, 0.1) is 5.92 Å². The number of halogens is 1. The fourth-order valence-corrected chi connectivity index (χ4v) is 3.92. The molecule has 2 atom stereocenters. The normalized spacial score (nSPS) is 26.9. The van der Waals surface area contributed by atoms with Crippen LogP contribution in [-0.4, -0.2) is 17.1 Å². The van der Waals surface area contributed by atoms with E-state index in [1.165, 1.54) is 6.42 Å². The lowest BCUT2D eigenvalue weighted by molar-refractivity contribution is -0.0647. The highest BCUT2D eigenvalue weighted by Gasteiger charge is 2.40. The Balaban J connectivity index is 2.55. The molecule has 0 radical (unpaired) electrons. The predicted molar refractivity (Wildman–Crippen MR) is 89.2 cm³/mol. The summed E-state index contributed by atoms with van der Waals surface area (Å²) in [5.74, 6) is 1.85. The van der Waals surface area contributed by atoms with Crippen LogP contribution in [0.25, 0.3) is 0 Å². The number of methoxy groups -OCH3 is 1. The van der Waals surface area contributed by atoms with Crippen molar-refractivity contribution in [1.29, 1.82) is 0 Å². The molecule has 0 aromatic carbocycles. The molecule has 21 heavy (non-hydrogen) atoms. The first-order chi connectivity index (χ1) is 9.69. The van der Waals surface area contributed by atoms with Crippen LogP contribution in [0.2, 0.25) is 0 Å². The molecule has 1 aromatic rings. The summed E-state index contributed by atoms with van der Waals surface area (Å²) < 4.78 is 6.70. The standard InChI is InChI=1S/C16H26BrN3O/c1-10-7-6-8-16(9-10,21-5)14-19-12(15(2,3)4)11(17)13(18)20-14/h10H,6-9H2,1-5H3,(H2,18,19,20). The Hall–Kier alpha value is -0.680. The van der Waals surface area contributed by atoms with Crippen LogP contribution in [0.1, 0.15) is 64.9 Å². The Morgan fingerprint density at radius 2 is 2.00 bits per heavy atom. The zero-order valence-corrected chi connectivity index (χ0v) is 15.2. The molecule has 1 saturated carbocycles. The minimum absolute atomic E-state index is 0.0974. The van der Waals surface area contributed by atoms with Gasteiger partial charge >= 0.3 is 0 Å². The van der Waals surface area contributed by atoms with Gasteiger partial charge in [0, 0.05) is 12.5 Å². The summed E-state index contributed by atoms with van der Waals surface area (Å²) >= 11 is 3.53. The molecule has 1 aromatic heterocycles. The van der Waals surface area contributed by atoms with Crippen LogP contribution in [-0.2, 0) is 15.8 Å². The van der Waals surface area contributed by atoms with Crippen LogP contribution in [0.4, 0.5) is 5.82 Å². The highest BCUT2D eigenvalue weighted by atomic mass is 79.9. The van der Waals surface area contributed by atoms with Crippen molar-refractivity contribution in [2.75, 3.05) is 12.8 Å². The number of nitrogens with zero attached hydrogens (tertiary/aromatic N) is 2. The van der Waals surface area contributed by atoms with Gasteiger partial charge in [-0.2, -0.15) is 0 Å². The van der Waals surface area contributed by atoms with Crippen LogP contribution in [0.5, 0.6) is 0 Å². The second-order valence-corrected chi connectivity index (χ2v) is 8.04. The topological polar surface area (TPSA) is 61.0 Å². The molecule has 2 unspecified atom stereocenters. The van der Waals surface area contributed by atoms with Gasteiger partial charge in [0.2, 0.25) is 0 Å². The second kappa shape index (κ2) is 5.84. The minimum atomic E-state index is -0.396. The SMILES string of the molecule is COC1(c2nc(N)c(Br)c(C(C)(C)C)n2)CCCC(C)C1. The van der Waals surface area contributed by atoms with Crippen molar-refractivity contribution in [3.05, 3.63) is 16.0 Å². The molecular formula is C16H26BrN3O. The molecule has 5 heteroatoms. The number of ether oxygens (including phenoxy) is 1. The molecule has 0 amide bonds. The minimum Gasteiger partial charge on any atom is -0.383 e. The van der Waals surface area contributed by atoms with Crippen molar-refractivity contribution in [3.63, 3.8) is 0 Å². The summed E-state index contributed by atoms with van der Waals surface area (Å²) in [4.78, 5) is 9.39. The van der Waals surface area contributed by atoms with Crippen molar-refractivity contribution < 1.29 is 4.74 Å². The maximum atomic E-state index is 6.12. The molecule has 1 heterocycles. The lowest BCUT2D eigenvalue weighted by Gasteiger charge is -2.38. The van der Waals surface area contributed by atoms with Gasteiger partial charge in [-0.25, -0.2) is 9.97 Å². The fraction of sp³-hybridized carbons (Fsp3) is 0.750. The molecule has 0 spiro atoms. The van der Waals surface area contributed by atoms with Crippen molar-refractivity contribution >= 4 is 21.7 Å². The average molecular weight is 356 g/mol. The van der Waals surface area contributed by atoms with Crippen LogP contribution >= 0.6 is 15.9 Å². The van der Waals surface area contributed by atoms with Gasteiger partial charge in [0.05, 0.1) is 10.2 Å². The van der Waals surface area contributed by atoms with Gasteiger partial charge in [-0.15, -0.1) is 0 Å². The summed E-state index contributed by atoms with van der Waals surface area (Å²) in [5, 5.41) is 0. The summed E-state index contributed by atoms with van der Waals surface area (Å²) in [7, 11) is 1.76. The van der Waals surface area contributed by atoms with E-state index in [1.807, 2.05) is 0 Å². The molecule has 0 saturated heterocycles. The molecule has 1 aliphatic rings. The number of anilines is 1. The molecule has 0 aliphatic heterocycles. The van der Waals surface area contributed by atoms with Crippen molar-refractivity contribution in [2.45, 2.75) is 64.4 Å². The van der Waals surface area contributed by atoms with Crippen LogP contribution in [0.3, 0.4) is 0 Å². The highest BCUT2D eigenvalue weighted by molar-refractivity contribution is 9.10. The Kier molecular flexibility index (Phi) is 4.64. The van der Waals surface area contributed by atoms with Crippen molar-refractivity contribution in [3.8, 4) is 0 Å². The maximum absolute atomic E-state index is 6.12. The number of nitrogen functional groups attached to an aromatic ring is 1. The third-order valence-electron chi connectivity index (χ3n) is 4.34. The average Bonchev–Trinajstić information content (AvgIpc) is 2.40. The monoisotopic (exact) mass is 355 g/mol. The van der Waals surface area contributed by atoms with E-state index >= 15 is 0 Å². The number of hydrogen-bond donors (Lipinski definition) is 1. The molecule has 4 nitrogen and oxygen atoms in total. The van der Waals surface area contributed by atoms with E-state index in [9.17, 15) is 0 Å². The summed E-state index contributed by atoms with van der Waals surface area (Å²) in [5.41, 5.74) is 6.57. The Bertz CT molecular complexity index is 527. The van der Waals surface area contributed by atoms with Gasteiger partial charge in [-0.3, -0.25) is 0 Å². The number of hydrogen-bond acceptors (Lipinski definition) is 4. The van der Waals surface area contributed by atoms with E-state index in [1.54, 1.807) is 7.11 Å². The second-order valence-electron chi connectivity index (χ2n) is 7.24. The molecule has 2 N–H and O–H groups in total. The number of nitrogens with two attached hydrogens (primary N) is 1. The van der Waals surface area contributed by atoms with E-state index in [0.717, 1.165) is 35.3 Å². The lowest BCUT2D eigenvalue weighted by atomic mass is 9.78. The van der Waals surface area contributed by atoms with Gasteiger partial charge in [0.15, 0.2) is 5.82 Å². The quantitative estimate of drug-likeness (QED) is 0.864. The van der Waals surface area contributed by atoms with E-state index in [0.29, 0.717) is 11.7 Å². The van der Waals surface area contributed by atoms with Crippen LogP contribution < -0.4 is 5.73 Å². The zero-order chi connectivity index (χ0) is 15.8. The van der Waals surface area contributed by atoms with Crippen molar-refractivity contribution in [2.24, 2.45) is 5.92 Å². The molecule has 1 fully saturated rings. The predicted octanol–water partition coefficient (Wildman–Crippen LogP) is 4.17. The van der Waals surface area contributed by atoms with Gasteiger partial charge < -0.3 is 10.5 Å². The number of rotatable bonds is 2. The van der Waals surface area contributed by atoms with Crippen LogP contribution in [0.15, 0.2) is 4.47 Å². The first-order valence-electron chi connectivity index (χ1n) is 7.59. The molecule has 1 aliphatic carbocycles. The summed E-state index contributed by atoms with van der Waals surface area (Å²) in [6.07, 6.45) is 4.29. The maximum Gasteiger partial charge on any atom is 0.162 e. The smallest absolute Gasteiger partial charge is 0.162 e. The first-order valence-corrected chi connectivity index (χ1v) is 8.38. The molecule has 0 bridgehead atoms. The largest absolute Gasteiger partial charge is 0.383 e. The summed E-state index contributed by atoms with van der Waals surface area (Å²) in [6.45, 7) is 8.66.